The van der Waals surface area contributed by atoms with E-state index >= 15 is 0 Å². The molecule has 0 aliphatic carbocycles. The van der Waals surface area contributed by atoms with E-state index in [9.17, 15) is 0 Å². The van der Waals surface area contributed by atoms with E-state index in [4.69, 9.17) is 15.2 Å². The van der Waals surface area contributed by atoms with Gasteiger partial charge in [0.05, 0.1) is 6.61 Å². The second kappa shape index (κ2) is 5.30. The number of hydrogen-bond donors (Lipinski definition) is 2. The van der Waals surface area contributed by atoms with E-state index in [1.807, 2.05) is 0 Å². The zero-order chi connectivity index (χ0) is 13.2. The van der Waals surface area contributed by atoms with Gasteiger partial charge in [-0.25, -0.2) is 4.98 Å². The molecule has 8 heteroatoms. The molecule has 2 aromatic heterocycles. The van der Waals surface area contributed by atoms with Gasteiger partial charge in [-0.15, -0.1) is 0 Å². The molecular formula is C11H14BrN5O2. The highest BCUT2D eigenvalue weighted by atomic mass is 79.9. The van der Waals surface area contributed by atoms with E-state index in [1.54, 1.807) is 0 Å². The van der Waals surface area contributed by atoms with Crippen molar-refractivity contribution in [2.24, 2.45) is 5.92 Å². The van der Waals surface area contributed by atoms with Gasteiger partial charge in [-0.2, -0.15) is 9.97 Å². The van der Waals surface area contributed by atoms with Crippen LogP contribution in [0.2, 0.25) is 0 Å². The molecular weight excluding hydrogens is 314 g/mol. The number of nitrogens with zero attached hydrogens (tertiary/aromatic N) is 3. The summed E-state index contributed by atoms with van der Waals surface area (Å²) in [4.78, 5) is 15.4. The molecule has 0 atom stereocenters. The lowest BCUT2D eigenvalue weighted by atomic mass is 10.0. The highest BCUT2D eigenvalue weighted by Gasteiger charge is 2.16. The summed E-state index contributed by atoms with van der Waals surface area (Å²) in [5.41, 5.74) is 6.95. The van der Waals surface area contributed by atoms with E-state index in [0.717, 1.165) is 26.1 Å². The van der Waals surface area contributed by atoms with Gasteiger partial charge in [0.15, 0.2) is 16.2 Å². The van der Waals surface area contributed by atoms with Crippen molar-refractivity contribution in [3.05, 3.63) is 4.73 Å². The van der Waals surface area contributed by atoms with Crippen LogP contribution in [0.15, 0.2) is 4.73 Å². The van der Waals surface area contributed by atoms with Gasteiger partial charge in [0.25, 0.3) is 0 Å². The van der Waals surface area contributed by atoms with Gasteiger partial charge in [0, 0.05) is 13.2 Å². The Morgan fingerprint density at radius 2 is 2.11 bits per heavy atom. The first-order valence-electron chi connectivity index (χ1n) is 6.11. The number of aromatic amines is 1. The van der Waals surface area contributed by atoms with Gasteiger partial charge in [-0.05, 0) is 34.7 Å². The third-order valence-electron chi connectivity index (χ3n) is 3.12. The lowest BCUT2D eigenvalue weighted by Gasteiger charge is -2.21. The summed E-state index contributed by atoms with van der Waals surface area (Å²) in [7, 11) is 0. The Morgan fingerprint density at radius 3 is 2.89 bits per heavy atom. The first kappa shape index (κ1) is 12.6. The number of fused-ring (bicyclic) bond motifs is 1. The largest absolute Gasteiger partial charge is 0.463 e. The van der Waals surface area contributed by atoms with Gasteiger partial charge in [0.2, 0.25) is 0 Å². The summed E-state index contributed by atoms with van der Waals surface area (Å²) in [5, 5.41) is 0. The predicted molar refractivity (Wildman–Crippen MR) is 72.8 cm³/mol. The Bertz CT molecular complexity index is 582. The summed E-state index contributed by atoms with van der Waals surface area (Å²) < 4.78 is 11.5. The molecule has 0 radical (unpaired) electrons. The van der Waals surface area contributed by atoms with E-state index < -0.39 is 0 Å². The molecule has 1 fully saturated rings. The zero-order valence-corrected chi connectivity index (χ0v) is 11.8. The number of aromatic nitrogens is 4. The number of imidazole rings is 1. The average Bonchev–Trinajstić information content (AvgIpc) is 2.79. The number of nitrogens with one attached hydrogen (secondary N) is 1. The summed E-state index contributed by atoms with van der Waals surface area (Å²) in [6.07, 6.45) is 2.01. The lowest BCUT2D eigenvalue weighted by Crippen LogP contribution is -2.22. The van der Waals surface area contributed by atoms with Crippen LogP contribution in [-0.2, 0) is 4.74 Å². The van der Waals surface area contributed by atoms with Gasteiger partial charge in [-0.3, -0.25) is 0 Å². The molecule has 1 aliphatic rings. The lowest BCUT2D eigenvalue weighted by molar-refractivity contribution is 0.0483. The van der Waals surface area contributed by atoms with E-state index in [0.29, 0.717) is 34.2 Å². The molecule has 3 rings (SSSR count). The quantitative estimate of drug-likeness (QED) is 0.829. The van der Waals surface area contributed by atoms with Crippen LogP contribution in [-0.4, -0.2) is 39.8 Å². The molecule has 3 heterocycles. The molecule has 0 saturated carbocycles. The Labute approximate surface area is 118 Å². The van der Waals surface area contributed by atoms with E-state index in [2.05, 4.69) is 35.9 Å². The van der Waals surface area contributed by atoms with Crippen molar-refractivity contribution in [2.75, 3.05) is 25.6 Å². The first-order chi connectivity index (χ1) is 9.22. The molecule has 7 nitrogen and oxygen atoms in total. The monoisotopic (exact) mass is 327 g/mol. The molecule has 0 unspecified atom stereocenters. The van der Waals surface area contributed by atoms with Gasteiger partial charge in [0.1, 0.15) is 5.52 Å². The molecule has 1 aliphatic heterocycles. The van der Waals surface area contributed by atoms with E-state index in [1.165, 1.54) is 0 Å². The minimum atomic E-state index is 0.274. The van der Waals surface area contributed by atoms with Crippen LogP contribution < -0.4 is 10.5 Å². The molecule has 0 spiro atoms. The second-order valence-electron chi connectivity index (χ2n) is 4.48. The molecule has 19 heavy (non-hydrogen) atoms. The summed E-state index contributed by atoms with van der Waals surface area (Å²) in [6.45, 7) is 2.17. The van der Waals surface area contributed by atoms with Crippen LogP contribution in [0, 0.1) is 5.92 Å². The molecule has 3 N–H and O–H groups in total. The molecule has 2 aromatic rings. The Morgan fingerprint density at radius 1 is 1.32 bits per heavy atom. The summed E-state index contributed by atoms with van der Waals surface area (Å²) >= 11 is 3.24. The maximum absolute atomic E-state index is 5.84. The Kier molecular flexibility index (Phi) is 3.52. The Balaban J connectivity index is 1.73. The van der Waals surface area contributed by atoms with Crippen molar-refractivity contribution >= 4 is 32.9 Å². The third kappa shape index (κ3) is 2.79. The van der Waals surface area contributed by atoms with Crippen molar-refractivity contribution in [3.8, 4) is 6.01 Å². The number of hydrogen-bond acceptors (Lipinski definition) is 6. The van der Waals surface area contributed by atoms with Gasteiger partial charge < -0.3 is 20.2 Å². The fourth-order valence-electron chi connectivity index (χ4n) is 2.04. The average molecular weight is 328 g/mol. The maximum atomic E-state index is 5.84. The normalized spacial score (nSPS) is 16.9. The maximum Gasteiger partial charge on any atom is 0.320 e. The number of rotatable bonds is 3. The number of nitrogens with two attached hydrogens (primary N) is 1. The molecule has 0 amide bonds. The van der Waals surface area contributed by atoms with Crippen LogP contribution >= 0.6 is 15.9 Å². The standard InChI is InChI=1S/C11H14BrN5O2/c12-10-14-7-8(13)15-11(17-9(7)16-10)19-5-6-1-3-18-4-2-6/h6H,1-5H2,(H3,13,14,15,16,17). The molecule has 0 bridgehead atoms. The smallest absolute Gasteiger partial charge is 0.320 e. The first-order valence-corrected chi connectivity index (χ1v) is 6.91. The highest BCUT2D eigenvalue weighted by Crippen LogP contribution is 2.21. The van der Waals surface area contributed by atoms with Crippen LogP contribution in [0.5, 0.6) is 6.01 Å². The third-order valence-corrected chi connectivity index (χ3v) is 3.49. The minimum Gasteiger partial charge on any atom is -0.463 e. The number of halogens is 1. The fraction of sp³-hybridized carbons (Fsp3) is 0.545. The summed E-state index contributed by atoms with van der Waals surface area (Å²) in [6, 6.07) is 0.274. The Hall–Kier alpha value is -1.41. The van der Waals surface area contributed by atoms with Crippen molar-refractivity contribution in [1.29, 1.82) is 0 Å². The summed E-state index contributed by atoms with van der Waals surface area (Å²) in [5.74, 6) is 0.824. The SMILES string of the molecule is Nc1nc(OCC2CCOCC2)nc2nc(Br)[nH]c12. The number of ether oxygens (including phenoxy) is 2. The highest BCUT2D eigenvalue weighted by molar-refractivity contribution is 9.10. The number of nitrogen functional groups attached to an aromatic ring is 1. The van der Waals surface area contributed by atoms with Gasteiger partial charge in [-0.1, -0.05) is 0 Å². The fourth-order valence-corrected chi connectivity index (χ4v) is 2.41. The zero-order valence-electron chi connectivity index (χ0n) is 10.2. The van der Waals surface area contributed by atoms with E-state index in [-0.39, 0.29) is 6.01 Å². The minimum absolute atomic E-state index is 0.274. The number of H-pyrrole nitrogens is 1. The van der Waals surface area contributed by atoms with Crippen LogP contribution in [0.1, 0.15) is 12.8 Å². The van der Waals surface area contributed by atoms with Crippen molar-refractivity contribution < 1.29 is 9.47 Å². The van der Waals surface area contributed by atoms with Crippen molar-refractivity contribution in [3.63, 3.8) is 0 Å². The van der Waals surface area contributed by atoms with Crippen LogP contribution in [0.25, 0.3) is 11.2 Å². The molecule has 0 aromatic carbocycles. The van der Waals surface area contributed by atoms with Gasteiger partial charge >= 0.3 is 6.01 Å². The molecule has 102 valence electrons. The van der Waals surface area contributed by atoms with Crippen LogP contribution in [0.3, 0.4) is 0 Å². The second-order valence-corrected chi connectivity index (χ2v) is 5.24. The van der Waals surface area contributed by atoms with Crippen molar-refractivity contribution in [2.45, 2.75) is 12.8 Å². The van der Waals surface area contributed by atoms with Crippen LogP contribution in [0.4, 0.5) is 5.82 Å². The predicted octanol–water partition coefficient (Wildman–Crippen LogP) is 1.50. The van der Waals surface area contributed by atoms with Crippen molar-refractivity contribution in [1.82, 2.24) is 19.9 Å². The molecule has 1 saturated heterocycles. The number of anilines is 1. The topological polar surface area (TPSA) is 98.9 Å².